The molecule has 0 N–H and O–H groups in total. The smallest absolute Gasteiger partial charge is 0.133 e. The van der Waals surface area contributed by atoms with Gasteiger partial charge in [-0.2, -0.15) is 0 Å². The average molecular weight is 220 g/mol. The third kappa shape index (κ3) is 3.48. The minimum Gasteiger partial charge on any atom is -0.239 e. The molecule has 0 bridgehead atoms. The van der Waals surface area contributed by atoms with Crippen LogP contribution in [0.1, 0.15) is 44.7 Å². The van der Waals surface area contributed by atoms with Gasteiger partial charge in [-0.15, -0.1) is 0 Å². The molecule has 0 saturated carbocycles. The monoisotopic (exact) mass is 220 g/mol. The molecule has 0 nitrogen and oxygen atoms in total. The first kappa shape index (κ1) is 13.0. The van der Waals surface area contributed by atoms with E-state index in [1.807, 2.05) is 31.2 Å². The molecule has 1 aromatic rings. The van der Waals surface area contributed by atoms with E-state index < -0.39 is 5.67 Å². The Morgan fingerprint density at radius 3 is 2.25 bits per heavy atom. The molecule has 0 amide bonds. The molecule has 1 atom stereocenters. The second-order valence-electron chi connectivity index (χ2n) is 4.33. The Morgan fingerprint density at radius 1 is 1.12 bits per heavy atom. The maximum Gasteiger partial charge on any atom is 0.133 e. The number of alkyl halides is 1. The van der Waals surface area contributed by atoms with Crippen LogP contribution in [0.4, 0.5) is 4.39 Å². The second kappa shape index (κ2) is 5.83. The van der Waals surface area contributed by atoms with Crippen molar-refractivity contribution in [3.8, 4) is 0 Å². The Kier molecular flexibility index (Phi) is 4.72. The van der Waals surface area contributed by atoms with Crippen molar-refractivity contribution in [1.82, 2.24) is 0 Å². The molecule has 0 aliphatic heterocycles. The predicted molar refractivity (Wildman–Crippen MR) is 68.3 cm³/mol. The molecule has 0 saturated heterocycles. The number of hydrogen-bond acceptors (Lipinski definition) is 0. The largest absolute Gasteiger partial charge is 0.239 e. The first-order valence-electron chi connectivity index (χ1n) is 6.03. The van der Waals surface area contributed by atoms with E-state index in [0.717, 1.165) is 18.4 Å². The van der Waals surface area contributed by atoms with Gasteiger partial charge in [-0.05, 0) is 37.3 Å². The average Bonchev–Trinajstić information content (AvgIpc) is 2.30. The summed E-state index contributed by atoms with van der Waals surface area (Å²) in [4.78, 5) is 0. The maximum atomic E-state index is 14.0. The SMILES string of the molecule is CC/C=C/Cc1ccc(C(C)(F)CC)cc1. The zero-order valence-electron chi connectivity index (χ0n) is 10.5. The van der Waals surface area contributed by atoms with Gasteiger partial charge in [0.1, 0.15) is 5.67 Å². The first-order chi connectivity index (χ1) is 7.60. The van der Waals surface area contributed by atoms with Crippen molar-refractivity contribution in [3.05, 3.63) is 47.5 Å². The van der Waals surface area contributed by atoms with Gasteiger partial charge < -0.3 is 0 Å². The van der Waals surface area contributed by atoms with Crippen LogP contribution >= 0.6 is 0 Å². The van der Waals surface area contributed by atoms with Crippen molar-refractivity contribution >= 4 is 0 Å². The molecule has 0 fully saturated rings. The highest BCUT2D eigenvalue weighted by molar-refractivity contribution is 5.27. The maximum absolute atomic E-state index is 14.0. The molecule has 0 heterocycles. The predicted octanol–water partition coefficient (Wildman–Crippen LogP) is 4.79. The third-order valence-electron chi connectivity index (χ3n) is 2.98. The molecular formula is C15H21F. The van der Waals surface area contributed by atoms with Crippen molar-refractivity contribution in [2.24, 2.45) is 0 Å². The molecule has 88 valence electrons. The molecule has 0 aliphatic rings. The molecule has 0 aliphatic carbocycles. The van der Waals surface area contributed by atoms with Gasteiger partial charge in [0, 0.05) is 0 Å². The van der Waals surface area contributed by atoms with Crippen molar-refractivity contribution in [2.75, 3.05) is 0 Å². The molecule has 0 spiro atoms. The van der Waals surface area contributed by atoms with Crippen LogP contribution in [0.25, 0.3) is 0 Å². The summed E-state index contributed by atoms with van der Waals surface area (Å²) in [7, 11) is 0. The van der Waals surface area contributed by atoms with Crippen LogP contribution < -0.4 is 0 Å². The van der Waals surface area contributed by atoms with Crippen molar-refractivity contribution in [3.63, 3.8) is 0 Å². The fourth-order valence-electron chi connectivity index (χ4n) is 1.58. The summed E-state index contributed by atoms with van der Waals surface area (Å²) in [6, 6.07) is 7.84. The zero-order chi connectivity index (χ0) is 12.0. The standard InChI is InChI=1S/C15H21F/c1-4-6-7-8-13-9-11-14(12-10-13)15(3,16)5-2/h6-7,9-12H,4-5,8H2,1-3H3/b7-6+. The van der Waals surface area contributed by atoms with E-state index in [9.17, 15) is 4.39 Å². The Bertz CT molecular complexity index is 333. The zero-order valence-corrected chi connectivity index (χ0v) is 10.5. The Balaban J connectivity index is 2.71. The van der Waals surface area contributed by atoms with E-state index in [-0.39, 0.29) is 0 Å². The van der Waals surface area contributed by atoms with Gasteiger partial charge in [-0.3, -0.25) is 0 Å². The molecule has 0 radical (unpaired) electrons. The van der Waals surface area contributed by atoms with E-state index >= 15 is 0 Å². The van der Waals surface area contributed by atoms with Gasteiger partial charge in [-0.25, -0.2) is 4.39 Å². The summed E-state index contributed by atoms with van der Waals surface area (Å²) < 4.78 is 14.0. The normalized spacial score (nSPS) is 15.2. The lowest BCUT2D eigenvalue weighted by atomic mass is 9.94. The minimum absolute atomic E-state index is 0.516. The van der Waals surface area contributed by atoms with E-state index in [4.69, 9.17) is 0 Å². The summed E-state index contributed by atoms with van der Waals surface area (Å²) in [5.41, 5.74) is 0.816. The van der Waals surface area contributed by atoms with Crippen LogP contribution in [0, 0.1) is 0 Å². The second-order valence-corrected chi connectivity index (χ2v) is 4.33. The van der Waals surface area contributed by atoms with E-state index in [2.05, 4.69) is 19.1 Å². The summed E-state index contributed by atoms with van der Waals surface area (Å²) in [5.74, 6) is 0. The fourth-order valence-corrected chi connectivity index (χ4v) is 1.58. The van der Waals surface area contributed by atoms with Crippen molar-refractivity contribution < 1.29 is 4.39 Å². The van der Waals surface area contributed by atoms with Crippen LogP contribution in [0.2, 0.25) is 0 Å². The molecule has 1 rings (SSSR count). The summed E-state index contributed by atoms with van der Waals surface area (Å²) in [5, 5.41) is 0. The Hall–Kier alpha value is -1.11. The highest BCUT2D eigenvalue weighted by atomic mass is 19.1. The quantitative estimate of drug-likeness (QED) is 0.626. The summed E-state index contributed by atoms with van der Waals surface area (Å²) in [6.07, 6.45) is 6.82. The van der Waals surface area contributed by atoms with Gasteiger partial charge in [0.2, 0.25) is 0 Å². The first-order valence-corrected chi connectivity index (χ1v) is 6.03. The third-order valence-corrected chi connectivity index (χ3v) is 2.98. The molecule has 16 heavy (non-hydrogen) atoms. The van der Waals surface area contributed by atoms with Crippen LogP contribution in [0.3, 0.4) is 0 Å². The van der Waals surface area contributed by atoms with Gasteiger partial charge in [-0.1, -0.05) is 50.3 Å². The molecule has 1 heteroatoms. The van der Waals surface area contributed by atoms with E-state index in [0.29, 0.717) is 6.42 Å². The number of halogens is 1. The van der Waals surface area contributed by atoms with Crippen LogP contribution in [0.15, 0.2) is 36.4 Å². The number of hydrogen-bond donors (Lipinski definition) is 0. The highest BCUT2D eigenvalue weighted by Gasteiger charge is 2.22. The lowest BCUT2D eigenvalue weighted by Gasteiger charge is -2.18. The minimum atomic E-state index is -1.20. The molecular weight excluding hydrogens is 199 g/mol. The summed E-state index contributed by atoms with van der Waals surface area (Å²) >= 11 is 0. The lowest BCUT2D eigenvalue weighted by molar-refractivity contribution is 0.185. The van der Waals surface area contributed by atoms with Gasteiger partial charge in [0.05, 0.1) is 0 Å². The lowest BCUT2D eigenvalue weighted by Crippen LogP contribution is -2.13. The van der Waals surface area contributed by atoms with E-state index in [1.165, 1.54) is 5.56 Å². The number of rotatable bonds is 5. The Morgan fingerprint density at radius 2 is 1.75 bits per heavy atom. The van der Waals surface area contributed by atoms with Crippen LogP contribution in [-0.2, 0) is 12.1 Å². The van der Waals surface area contributed by atoms with Gasteiger partial charge in [0.15, 0.2) is 0 Å². The topological polar surface area (TPSA) is 0 Å². The van der Waals surface area contributed by atoms with Gasteiger partial charge >= 0.3 is 0 Å². The molecule has 0 aromatic heterocycles. The number of benzene rings is 1. The molecule has 1 aromatic carbocycles. The van der Waals surface area contributed by atoms with Crippen LogP contribution in [0.5, 0.6) is 0 Å². The summed E-state index contributed by atoms with van der Waals surface area (Å²) in [6.45, 7) is 5.63. The Labute approximate surface area is 98.2 Å². The van der Waals surface area contributed by atoms with Gasteiger partial charge in [0.25, 0.3) is 0 Å². The molecule has 1 unspecified atom stereocenters. The van der Waals surface area contributed by atoms with Crippen molar-refractivity contribution in [2.45, 2.75) is 45.7 Å². The van der Waals surface area contributed by atoms with Crippen LogP contribution in [-0.4, -0.2) is 0 Å². The fraction of sp³-hybridized carbons (Fsp3) is 0.467. The van der Waals surface area contributed by atoms with E-state index in [1.54, 1.807) is 6.92 Å². The van der Waals surface area contributed by atoms with Crippen molar-refractivity contribution in [1.29, 1.82) is 0 Å². The number of allylic oxidation sites excluding steroid dienone is 2. The highest BCUT2D eigenvalue weighted by Crippen LogP contribution is 2.28.